The quantitative estimate of drug-likeness (QED) is 0.0612. The van der Waals surface area contributed by atoms with Gasteiger partial charge in [-0.3, -0.25) is 14.4 Å². The first-order valence-electron chi connectivity index (χ1n) is 16.5. The van der Waals surface area contributed by atoms with Crippen LogP contribution in [0, 0.1) is 0 Å². The highest BCUT2D eigenvalue weighted by Gasteiger charge is 2.23. The summed E-state index contributed by atoms with van der Waals surface area (Å²) in [7, 11) is 0. The second-order valence-electron chi connectivity index (χ2n) is 11.5. The van der Waals surface area contributed by atoms with Gasteiger partial charge in [-0.1, -0.05) is 70.4 Å². The number of hydrogen-bond acceptors (Lipinski definition) is 6. The van der Waals surface area contributed by atoms with Crippen molar-refractivity contribution in [2.45, 2.75) is 78.7 Å². The Balaban J connectivity index is 1.43. The smallest absolute Gasteiger partial charge is 0.274 e. The molecule has 0 spiro atoms. The molecule has 1 amide bonds. The van der Waals surface area contributed by atoms with Crippen LogP contribution in [0.15, 0.2) is 77.2 Å². The number of furan rings is 1. The van der Waals surface area contributed by atoms with E-state index in [4.69, 9.17) is 14.0 Å². The van der Waals surface area contributed by atoms with Gasteiger partial charge >= 0.3 is 0 Å². The zero-order valence-electron chi connectivity index (χ0n) is 27.1. The van der Waals surface area contributed by atoms with Crippen molar-refractivity contribution in [3.8, 4) is 5.75 Å². The zero-order valence-corrected chi connectivity index (χ0v) is 27.1. The summed E-state index contributed by atoms with van der Waals surface area (Å²) in [5.74, 6) is 0.873. The van der Waals surface area contributed by atoms with Crippen molar-refractivity contribution in [1.29, 1.82) is 0 Å². The lowest BCUT2D eigenvalue weighted by Gasteiger charge is -2.21. The Bertz CT molecular complexity index is 1470. The molecule has 0 bridgehead atoms. The maximum atomic E-state index is 13.9. The molecule has 0 unspecified atom stereocenters. The fraction of sp³-hybridized carbons (Fsp3) is 0.421. The van der Waals surface area contributed by atoms with Crippen LogP contribution < -0.4 is 10.2 Å². The summed E-state index contributed by atoms with van der Waals surface area (Å²) in [6.07, 6.45) is 8.33. The van der Waals surface area contributed by atoms with Crippen LogP contribution in [0.2, 0.25) is 0 Å². The number of hydrogen-bond donors (Lipinski definition) is 1. The third-order valence-corrected chi connectivity index (χ3v) is 7.91. The number of ketones is 1. The number of ether oxygens (including phenoxy) is 1. The molecular formula is C38H48N2O5. The van der Waals surface area contributed by atoms with Crippen molar-refractivity contribution in [1.82, 2.24) is 10.4 Å². The van der Waals surface area contributed by atoms with E-state index in [1.165, 1.54) is 25.7 Å². The Morgan fingerprint density at radius 3 is 2.13 bits per heavy atom. The summed E-state index contributed by atoms with van der Waals surface area (Å²) in [6, 6.07) is 22.1. The van der Waals surface area contributed by atoms with Crippen molar-refractivity contribution >= 4 is 22.7 Å². The molecule has 0 aliphatic heterocycles. The fourth-order valence-electron chi connectivity index (χ4n) is 5.29. The Morgan fingerprint density at radius 1 is 0.778 bits per heavy atom. The minimum Gasteiger partial charge on any atom is -0.494 e. The molecule has 4 aromatic rings. The molecule has 1 aromatic heterocycles. The summed E-state index contributed by atoms with van der Waals surface area (Å²) in [6.45, 7) is 10.8. The molecule has 0 fully saturated rings. The minimum absolute atomic E-state index is 0.133. The third-order valence-electron chi connectivity index (χ3n) is 7.91. The number of unbranched alkanes of at least 4 members (excludes halogenated alkanes) is 3. The number of aryl methyl sites for hydroxylation is 1. The number of rotatable bonds is 20. The Kier molecular flexibility index (Phi) is 13.7. The monoisotopic (exact) mass is 612 g/mol. The van der Waals surface area contributed by atoms with Gasteiger partial charge < -0.3 is 14.1 Å². The lowest BCUT2D eigenvalue weighted by atomic mass is 9.97. The maximum absolute atomic E-state index is 13.9. The predicted molar refractivity (Wildman–Crippen MR) is 180 cm³/mol. The Hall–Kier alpha value is -3.94. The SMILES string of the molecule is CCCCc1oc2ccc(C(=O)NOCc3ccccc3)cc2c1C(=O)c1ccc(OCCCN(CCCC)CCCC)cc1. The first kappa shape index (κ1) is 33.9. The van der Waals surface area contributed by atoms with Gasteiger partial charge in [0.2, 0.25) is 0 Å². The first-order chi connectivity index (χ1) is 22.0. The molecule has 0 atom stereocenters. The second kappa shape index (κ2) is 18.1. The molecule has 1 heterocycles. The average Bonchev–Trinajstić information content (AvgIpc) is 3.44. The van der Waals surface area contributed by atoms with Gasteiger partial charge in [0, 0.05) is 29.5 Å². The van der Waals surface area contributed by atoms with E-state index >= 15 is 0 Å². The van der Waals surface area contributed by atoms with Crippen LogP contribution >= 0.6 is 0 Å². The van der Waals surface area contributed by atoms with E-state index in [1.807, 2.05) is 54.6 Å². The van der Waals surface area contributed by atoms with E-state index in [2.05, 4.69) is 31.2 Å². The minimum atomic E-state index is -0.386. The van der Waals surface area contributed by atoms with Crippen LogP contribution in [-0.2, 0) is 17.9 Å². The molecule has 45 heavy (non-hydrogen) atoms. The molecule has 0 radical (unpaired) electrons. The van der Waals surface area contributed by atoms with Crippen molar-refractivity contribution in [2.24, 2.45) is 0 Å². The number of hydroxylamine groups is 1. The van der Waals surface area contributed by atoms with Gasteiger partial charge in [0.15, 0.2) is 5.78 Å². The average molecular weight is 613 g/mol. The highest BCUT2D eigenvalue weighted by molar-refractivity contribution is 6.17. The van der Waals surface area contributed by atoms with Gasteiger partial charge in [0.1, 0.15) is 17.1 Å². The molecule has 0 aliphatic carbocycles. The molecule has 240 valence electrons. The lowest BCUT2D eigenvalue weighted by Crippen LogP contribution is -2.28. The lowest BCUT2D eigenvalue weighted by molar-refractivity contribution is 0.0233. The zero-order chi connectivity index (χ0) is 31.9. The van der Waals surface area contributed by atoms with Crippen LogP contribution in [-0.4, -0.2) is 42.8 Å². The van der Waals surface area contributed by atoms with Crippen LogP contribution in [0.25, 0.3) is 11.0 Å². The number of fused-ring (bicyclic) bond motifs is 1. The summed E-state index contributed by atoms with van der Waals surface area (Å²) >= 11 is 0. The number of benzene rings is 3. The normalized spacial score (nSPS) is 11.3. The maximum Gasteiger partial charge on any atom is 0.274 e. The number of amides is 1. The Morgan fingerprint density at radius 2 is 1.44 bits per heavy atom. The van der Waals surface area contributed by atoms with Gasteiger partial charge in [-0.05, 0) is 86.8 Å². The van der Waals surface area contributed by atoms with E-state index in [0.29, 0.717) is 46.4 Å². The van der Waals surface area contributed by atoms with Crippen molar-refractivity contribution in [2.75, 3.05) is 26.2 Å². The molecule has 0 aliphatic rings. The molecule has 0 saturated heterocycles. The largest absolute Gasteiger partial charge is 0.494 e. The van der Waals surface area contributed by atoms with Gasteiger partial charge in [-0.25, -0.2) is 5.48 Å². The Labute approximate surface area is 267 Å². The van der Waals surface area contributed by atoms with Crippen molar-refractivity contribution < 1.29 is 23.6 Å². The van der Waals surface area contributed by atoms with Gasteiger partial charge in [-0.15, -0.1) is 0 Å². The second-order valence-corrected chi connectivity index (χ2v) is 11.5. The van der Waals surface area contributed by atoms with E-state index < -0.39 is 0 Å². The van der Waals surface area contributed by atoms with E-state index in [1.54, 1.807) is 18.2 Å². The number of nitrogens with one attached hydrogen (secondary N) is 1. The summed E-state index contributed by atoms with van der Waals surface area (Å²) < 4.78 is 12.2. The predicted octanol–water partition coefficient (Wildman–Crippen LogP) is 8.54. The van der Waals surface area contributed by atoms with E-state index in [0.717, 1.165) is 50.2 Å². The standard InChI is InChI=1S/C38H48N2O5/c1-4-7-16-35-36(33-27-31(19-22-34(33)45-35)38(42)39-44-28-29-14-11-10-12-15-29)37(41)30-17-20-32(21-18-30)43-26-13-25-40(23-8-5-2)24-9-6-3/h10-12,14-15,17-22,27H,4-9,13,16,23-26,28H2,1-3H3,(H,39,42). The summed E-state index contributed by atoms with van der Waals surface area (Å²) in [5, 5.41) is 0.623. The fourth-order valence-corrected chi connectivity index (χ4v) is 5.29. The number of carbonyl (C=O) groups excluding carboxylic acids is 2. The molecular weight excluding hydrogens is 564 g/mol. The van der Waals surface area contributed by atoms with Gasteiger partial charge in [0.05, 0.1) is 18.8 Å². The highest BCUT2D eigenvalue weighted by Crippen LogP contribution is 2.31. The third kappa shape index (κ3) is 10.0. The molecule has 3 aromatic carbocycles. The van der Waals surface area contributed by atoms with Crippen LogP contribution in [0.1, 0.15) is 103 Å². The summed E-state index contributed by atoms with van der Waals surface area (Å²) in [5.41, 5.74) is 5.49. The van der Waals surface area contributed by atoms with Crippen LogP contribution in [0.5, 0.6) is 5.75 Å². The number of nitrogens with zero attached hydrogens (tertiary/aromatic N) is 1. The number of carbonyl (C=O) groups is 2. The van der Waals surface area contributed by atoms with Crippen LogP contribution in [0.4, 0.5) is 0 Å². The topological polar surface area (TPSA) is 81.0 Å². The molecule has 4 rings (SSSR count). The van der Waals surface area contributed by atoms with Gasteiger partial charge in [-0.2, -0.15) is 0 Å². The van der Waals surface area contributed by atoms with Gasteiger partial charge in [0.25, 0.3) is 5.91 Å². The van der Waals surface area contributed by atoms with Crippen LogP contribution in [0.3, 0.4) is 0 Å². The highest BCUT2D eigenvalue weighted by atomic mass is 16.6. The molecule has 0 saturated carbocycles. The van der Waals surface area contributed by atoms with E-state index in [9.17, 15) is 9.59 Å². The van der Waals surface area contributed by atoms with E-state index in [-0.39, 0.29) is 18.3 Å². The molecule has 1 N–H and O–H groups in total. The molecule has 7 heteroatoms. The first-order valence-corrected chi connectivity index (χ1v) is 16.5. The van der Waals surface area contributed by atoms with Crippen molar-refractivity contribution in [3.05, 3.63) is 101 Å². The molecule has 7 nitrogen and oxygen atoms in total. The van der Waals surface area contributed by atoms with Crippen molar-refractivity contribution in [3.63, 3.8) is 0 Å². The summed E-state index contributed by atoms with van der Waals surface area (Å²) in [4.78, 5) is 34.8.